The maximum absolute atomic E-state index is 13.0. The number of halogens is 2. The van der Waals surface area contributed by atoms with Gasteiger partial charge in [-0.25, -0.2) is 0 Å². The molecule has 6 rings (SSSR count). The van der Waals surface area contributed by atoms with Gasteiger partial charge in [-0.3, -0.25) is 10.2 Å². The molecule has 1 aromatic heterocycles. The maximum atomic E-state index is 13.0. The number of nitrogens with one attached hydrogen (secondary N) is 1. The largest absolute Gasteiger partial charge is 0.342 e. The maximum Gasteiger partial charge on any atom is 0.283 e. The number of aromatic nitrogens is 1. The number of thioether (sulfide) groups is 2. The number of rotatable bonds is 5. The SMILES string of the molecule is N=C1/C(=C/c2cn(Cc3c(Cl)cccc3Cl)c3ccccc23)C(=O)N=C2SC(SCc3ccccc3)=NN12. The Balaban J connectivity index is 1.31. The predicted octanol–water partition coefficient (Wildman–Crippen LogP) is 7.51. The van der Waals surface area contributed by atoms with Gasteiger partial charge in [0.1, 0.15) is 0 Å². The summed E-state index contributed by atoms with van der Waals surface area (Å²) in [4.78, 5) is 17.3. The summed E-state index contributed by atoms with van der Waals surface area (Å²) in [6, 6.07) is 23.4. The van der Waals surface area contributed by atoms with Crippen LogP contribution in [0.3, 0.4) is 0 Å². The first-order valence-electron chi connectivity index (χ1n) is 11.7. The van der Waals surface area contributed by atoms with Crippen LogP contribution in [0.4, 0.5) is 0 Å². The summed E-state index contributed by atoms with van der Waals surface area (Å²) in [5.41, 5.74) is 3.93. The van der Waals surface area contributed by atoms with Gasteiger partial charge in [-0.2, -0.15) is 10.0 Å². The van der Waals surface area contributed by atoms with Gasteiger partial charge in [-0.15, -0.1) is 5.10 Å². The molecular weight excluding hydrogens is 557 g/mol. The quantitative estimate of drug-likeness (QED) is 0.250. The van der Waals surface area contributed by atoms with Crippen molar-refractivity contribution in [3.8, 4) is 0 Å². The number of hydrogen-bond acceptors (Lipinski definition) is 5. The van der Waals surface area contributed by atoms with Gasteiger partial charge in [0.2, 0.25) is 5.17 Å². The minimum atomic E-state index is -0.454. The Morgan fingerprint density at radius 3 is 2.50 bits per heavy atom. The third-order valence-corrected chi connectivity index (χ3v) is 8.97. The number of fused-ring (bicyclic) bond motifs is 2. The van der Waals surface area contributed by atoms with Gasteiger partial charge < -0.3 is 4.57 Å². The van der Waals surface area contributed by atoms with E-state index in [0.717, 1.165) is 32.2 Å². The van der Waals surface area contributed by atoms with Crippen molar-refractivity contribution in [2.24, 2.45) is 10.1 Å². The highest BCUT2D eigenvalue weighted by Gasteiger charge is 2.36. The number of para-hydroxylation sites is 1. The van der Waals surface area contributed by atoms with E-state index in [2.05, 4.69) is 22.2 Å². The van der Waals surface area contributed by atoms with Gasteiger partial charge >= 0.3 is 0 Å². The number of carbonyl (C=O) groups is 1. The molecule has 188 valence electrons. The molecular formula is C28H19Cl2N5OS2. The molecule has 0 radical (unpaired) electrons. The number of amidine groups is 2. The van der Waals surface area contributed by atoms with Crippen LogP contribution < -0.4 is 0 Å². The Morgan fingerprint density at radius 2 is 1.71 bits per heavy atom. The van der Waals surface area contributed by atoms with E-state index in [-0.39, 0.29) is 11.4 Å². The van der Waals surface area contributed by atoms with Crippen LogP contribution in [-0.2, 0) is 17.1 Å². The molecule has 0 saturated carbocycles. The summed E-state index contributed by atoms with van der Waals surface area (Å²) in [5.74, 6) is 0.297. The van der Waals surface area contributed by atoms with E-state index in [4.69, 9.17) is 28.6 Å². The molecule has 2 aliphatic rings. The van der Waals surface area contributed by atoms with Gasteiger partial charge in [0.05, 0.1) is 12.1 Å². The third kappa shape index (κ3) is 4.80. The average Bonchev–Trinajstić information content (AvgIpc) is 3.49. The molecule has 0 fully saturated rings. The van der Waals surface area contributed by atoms with Crippen molar-refractivity contribution < 1.29 is 4.79 Å². The molecule has 0 bridgehead atoms. The van der Waals surface area contributed by atoms with E-state index < -0.39 is 5.91 Å². The molecule has 6 nitrogen and oxygen atoms in total. The molecule has 3 heterocycles. The molecule has 10 heteroatoms. The van der Waals surface area contributed by atoms with Crippen LogP contribution in [0.1, 0.15) is 16.7 Å². The lowest BCUT2D eigenvalue weighted by atomic mass is 10.1. The molecule has 1 N–H and O–H groups in total. The molecule has 0 saturated heterocycles. The Hall–Kier alpha value is -3.30. The summed E-state index contributed by atoms with van der Waals surface area (Å²) in [7, 11) is 0. The molecule has 4 aromatic rings. The summed E-state index contributed by atoms with van der Waals surface area (Å²) in [6.45, 7) is 0.463. The zero-order valence-electron chi connectivity index (χ0n) is 19.8. The molecule has 2 aliphatic heterocycles. The molecule has 1 amide bonds. The summed E-state index contributed by atoms with van der Waals surface area (Å²) in [6.07, 6.45) is 3.66. The van der Waals surface area contributed by atoms with Crippen molar-refractivity contribution in [2.45, 2.75) is 12.3 Å². The first-order chi connectivity index (χ1) is 18.5. The lowest BCUT2D eigenvalue weighted by Crippen LogP contribution is -2.35. The van der Waals surface area contributed by atoms with Gasteiger partial charge in [0.15, 0.2) is 10.2 Å². The molecule has 0 atom stereocenters. The zero-order valence-corrected chi connectivity index (χ0v) is 22.9. The Morgan fingerprint density at radius 1 is 0.974 bits per heavy atom. The van der Waals surface area contributed by atoms with E-state index >= 15 is 0 Å². The minimum Gasteiger partial charge on any atom is -0.342 e. The van der Waals surface area contributed by atoms with Gasteiger partial charge in [0.25, 0.3) is 5.91 Å². The minimum absolute atomic E-state index is 0.00814. The zero-order chi connectivity index (χ0) is 26.2. The van der Waals surface area contributed by atoms with Crippen molar-refractivity contribution >= 4 is 85.0 Å². The fourth-order valence-corrected chi connectivity index (χ4v) is 6.68. The predicted molar refractivity (Wildman–Crippen MR) is 160 cm³/mol. The number of aliphatic imine (C=N–C) groups is 1. The van der Waals surface area contributed by atoms with Crippen molar-refractivity contribution in [2.75, 3.05) is 0 Å². The molecule has 38 heavy (non-hydrogen) atoms. The Kier molecular flexibility index (Phi) is 6.88. The van der Waals surface area contributed by atoms with E-state index in [9.17, 15) is 4.79 Å². The highest BCUT2D eigenvalue weighted by molar-refractivity contribution is 8.45. The first kappa shape index (κ1) is 25.0. The fraction of sp³-hybridized carbons (Fsp3) is 0.0714. The number of hydrogen-bond donors (Lipinski definition) is 1. The molecule has 0 aliphatic carbocycles. The summed E-state index contributed by atoms with van der Waals surface area (Å²) < 4.78 is 2.79. The van der Waals surface area contributed by atoms with Crippen molar-refractivity contribution in [1.29, 1.82) is 5.41 Å². The van der Waals surface area contributed by atoms with Crippen LogP contribution in [0.25, 0.3) is 17.0 Å². The number of benzene rings is 3. The van der Waals surface area contributed by atoms with Crippen LogP contribution in [0, 0.1) is 5.41 Å². The second-order valence-corrected chi connectivity index (χ2v) is 11.6. The van der Waals surface area contributed by atoms with Crippen LogP contribution >= 0.6 is 46.7 Å². The van der Waals surface area contributed by atoms with E-state index in [1.54, 1.807) is 17.8 Å². The number of hydrazone groups is 1. The second-order valence-electron chi connectivity index (χ2n) is 8.59. The van der Waals surface area contributed by atoms with Crippen LogP contribution in [-0.4, -0.2) is 30.9 Å². The highest BCUT2D eigenvalue weighted by Crippen LogP contribution is 2.35. The van der Waals surface area contributed by atoms with Gasteiger partial charge in [-0.05, 0) is 41.6 Å². The lowest BCUT2D eigenvalue weighted by Gasteiger charge is -2.20. The third-order valence-electron chi connectivity index (χ3n) is 6.15. The van der Waals surface area contributed by atoms with Crippen molar-refractivity contribution in [3.05, 3.63) is 111 Å². The normalized spacial score (nSPS) is 16.3. The second kappa shape index (κ2) is 10.5. The van der Waals surface area contributed by atoms with E-state index in [1.807, 2.05) is 71.4 Å². The monoisotopic (exact) mass is 575 g/mol. The summed E-state index contributed by atoms with van der Waals surface area (Å²) in [5, 5.41) is 17.3. The Labute approximate surface area is 237 Å². The average molecular weight is 577 g/mol. The standard InChI is InChI=1S/C28H19Cl2N5OS2/c29-22-10-6-11-23(30)21(22)15-34-14-18(19-9-4-5-12-24(19)34)13-20-25(31)35-27(32-26(20)36)38-28(33-35)37-16-17-7-2-1-3-8-17/h1-14,31H,15-16H2/b20-13-,31-25?. The van der Waals surface area contributed by atoms with Crippen LogP contribution in [0.2, 0.25) is 10.0 Å². The summed E-state index contributed by atoms with van der Waals surface area (Å²) >= 11 is 15.7. The van der Waals surface area contributed by atoms with Crippen molar-refractivity contribution in [3.63, 3.8) is 0 Å². The topological polar surface area (TPSA) is 73.8 Å². The van der Waals surface area contributed by atoms with Crippen molar-refractivity contribution in [1.82, 2.24) is 9.58 Å². The number of amides is 1. The number of carbonyl (C=O) groups excluding carboxylic acids is 1. The lowest BCUT2D eigenvalue weighted by molar-refractivity contribution is -0.114. The van der Waals surface area contributed by atoms with Gasteiger partial charge in [0, 0.05) is 44.0 Å². The van der Waals surface area contributed by atoms with Gasteiger partial charge in [-0.1, -0.05) is 89.6 Å². The van der Waals surface area contributed by atoms with Crippen LogP contribution in [0.5, 0.6) is 0 Å². The smallest absolute Gasteiger partial charge is 0.283 e. The Bertz CT molecular complexity index is 1670. The fourth-order valence-electron chi connectivity index (χ4n) is 4.28. The molecule has 0 spiro atoms. The highest BCUT2D eigenvalue weighted by atomic mass is 35.5. The number of nitrogens with zero attached hydrogens (tertiary/aromatic N) is 4. The van der Waals surface area contributed by atoms with Crippen LogP contribution in [0.15, 0.2) is 94.7 Å². The molecule has 3 aromatic carbocycles. The van der Waals surface area contributed by atoms with E-state index in [0.29, 0.717) is 21.8 Å². The van der Waals surface area contributed by atoms with E-state index in [1.165, 1.54) is 22.3 Å². The first-order valence-corrected chi connectivity index (χ1v) is 14.2. The molecule has 0 unspecified atom stereocenters.